The van der Waals surface area contributed by atoms with E-state index >= 15 is 0 Å². The molecule has 2 aromatic rings. The SMILES string of the molecule is Cl.NCc1cc(NC(=O)CCCNC(=O)c2ccc(F)cc2)cc(C(F)(F)F)c1. The Morgan fingerprint density at radius 3 is 2.28 bits per heavy atom. The molecule has 5 nitrogen and oxygen atoms in total. The lowest BCUT2D eigenvalue weighted by atomic mass is 10.1. The van der Waals surface area contributed by atoms with Crippen molar-refractivity contribution >= 4 is 29.9 Å². The highest BCUT2D eigenvalue weighted by atomic mass is 35.5. The Kier molecular flexibility index (Phi) is 9.06. The molecule has 2 aromatic carbocycles. The fourth-order valence-electron chi connectivity index (χ4n) is 2.42. The summed E-state index contributed by atoms with van der Waals surface area (Å²) in [5.74, 6) is -1.36. The number of benzene rings is 2. The summed E-state index contributed by atoms with van der Waals surface area (Å²) >= 11 is 0. The van der Waals surface area contributed by atoms with Crippen LogP contribution < -0.4 is 16.4 Å². The van der Waals surface area contributed by atoms with E-state index in [0.717, 1.165) is 24.3 Å². The largest absolute Gasteiger partial charge is 0.416 e. The molecule has 0 radical (unpaired) electrons. The number of halogens is 5. The Labute approximate surface area is 171 Å². The molecule has 2 amide bonds. The lowest BCUT2D eigenvalue weighted by molar-refractivity contribution is -0.137. The first-order valence-electron chi connectivity index (χ1n) is 8.44. The Morgan fingerprint density at radius 2 is 1.69 bits per heavy atom. The van der Waals surface area contributed by atoms with E-state index in [-0.39, 0.29) is 55.2 Å². The van der Waals surface area contributed by atoms with Crippen molar-refractivity contribution in [3.8, 4) is 0 Å². The van der Waals surface area contributed by atoms with Crippen molar-refractivity contribution in [2.45, 2.75) is 25.6 Å². The zero-order valence-electron chi connectivity index (χ0n) is 15.2. The van der Waals surface area contributed by atoms with Crippen LogP contribution in [-0.2, 0) is 17.5 Å². The second kappa shape index (κ2) is 10.8. The Balaban J connectivity index is 0.00000420. The molecule has 0 aliphatic carbocycles. The summed E-state index contributed by atoms with van der Waals surface area (Å²) in [7, 11) is 0. The zero-order chi connectivity index (χ0) is 20.7. The molecule has 10 heteroatoms. The Morgan fingerprint density at radius 1 is 1.03 bits per heavy atom. The molecule has 0 saturated heterocycles. The van der Waals surface area contributed by atoms with Gasteiger partial charge >= 0.3 is 6.18 Å². The molecule has 0 heterocycles. The minimum Gasteiger partial charge on any atom is -0.352 e. The summed E-state index contributed by atoms with van der Waals surface area (Å²) in [6, 6.07) is 8.14. The molecular weight excluding hydrogens is 414 g/mol. The van der Waals surface area contributed by atoms with Gasteiger partial charge in [0.2, 0.25) is 5.91 Å². The van der Waals surface area contributed by atoms with Crippen molar-refractivity contribution < 1.29 is 27.2 Å². The standard InChI is InChI=1S/C19H19F4N3O2.ClH/c20-15-5-3-13(4-6-15)18(28)25-7-1-2-17(27)26-16-9-12(11-24)8-14(10-16)19(21,22)23;/h3-6,8-10H,1-2,7,11,24H2,(H,25,28)(H,26,27);1H. The first-order chi connectivity index (χ1) is 13.2. The third kappa shape index (κ3) is 7.71. The van der Waals surface area contributed by atoms with E-state index in [1.165, 1.54) is 18.2 Å². The summed E-state index contributed by atoms with van der Waals surface area (Å²) in [6.45, 7) is 0.0858. The number of carbonyl (C=O) groups excluding carboxylic acids is 2. The van der Waals surface area contributed by atoms with Crippen LogP contribution in [0.4, 0.5) is 23.2 Å². The van der Waals surface area contributed by atoms with Gasteiger partial charge in [0.15, 0.2) is 0 Å². The van der Waals surface area contributed by atoms with Crippen LogP contribution in [0.1, 0.15) is 34.3 Å². The zero-order valence-corrected chi connectivity index (χ0v) is 16.0. The number of anilines is 1. The van der Waals surface area contributed by atoms with E-state index in [2.05, 4.69) is 10.6 Å². The third-order valence-corrected chi connectivity index (χ3v) is 3.81. The monoisotopic (exact) mass is 433 g/mol. The van der Waals surface area contributed by atoms with Crippen LogP contribution in [0, 0.1) is 5.82 Å². The van der Waals surface area contributed by atoms with Gasteiger partial charge in [0, 0.05) is 30.8 Å². The topological polar surface area (TPSA) is 84.2 Å². The Hall–Kier alpha value is -2.65. The molecule has 0 fully saturated rings. The summed E-state index contributed by atoms with van der Waals surface area (Å²) in [5.41, 5.74) is 5.05. The number of alkyl halides is 3. The van der Waals surface area contributed by atoms with Gasteiger partial charge in [0.25, 0.3) is 5.91 Å². The lowest BCUT2D eigenvalue weighted by Gasteiger charge is -2.12. The number of nitrogens with one attached hydrogen (secondary N) is 2. The van der Waals surface area contributed by atoms with Crippen molar-refractivity contribution in [3.63, 3.8) is 0 Å². The van der Waals surface area contributed by atoms with Crippen LogP contribution in [0.5, 0.6) is 0 Å². The molecule has 29 heavy (non-hydrogen) atoms. The maximum atomic E-state index is 12.9. The van der Waals surface area contributed by atoms with Crippen molar-refractivity contribution in [3.05, 3.63) is 65.0 Å². The van der Waals surface area contributed by atoms with E-state index in [1.54, 1.807) is 0 Å². The van der Waals surface area contributed by atoms with Gasteiger partial charge in [-0.05, 0) is 54.4 Å². The second-order valence-corrected chi connectivity index (χ2v) is 6.04. The second-order valence-electron chi connectivity index (χ2n) is 6.04. The van der Waals surface area contributed by atoms with Crippen LogP contribution in [0.25, 0.3) is 0 Å². The molecule has 2 rings (SSSR count). The molecule has 0 bridgehead atoms. The molecule has 0 saturated carbocycles. The van der Waals surface area contributed by atoms with Gasteiger partial charge in [-0.25, -0.2) is 4.39 Å². The van der Waals surface area contributed by atoms with Gasteiger partial charge in [0.1, 0.15) is 5.82 Å². The van der Waals surface area contributed by atoms with Gasteiger partial charge in [-0.1, -0.05) is 0 Å². The number of amides is 2. The molecule has 0 atom stereocenters. The highest BCUT2D eigenvalue weighted by molar-refractivity contribution is 5.94. The van der Waals surface area contributed by atoms with Gasteiger partial charge in [-0.2, -0.15) is 13.2 Å². The van der Waals surface area contributed by atoms with Gasteiger partial charge < -0.3 is 16.4 Å². The fourth-order valence-corrected chi connectivity index (χ4v) is 2.42. The summed E-state index contributed by atoms with van der Waals surface area (Å²) in [4.78, 5) is 23.8. The summed E-state index contributed by atoms with van der Waals surface area (Å²) in [5, 5.41) is 4.98. The minimum absolute atomic E-state index is 0. The van der Waals surface area contributed by atoms with Crippen molar-refractivity contribution in [2.75, 3.05) is 11.9 Å². The lowest BCUT2D eigenvalue weighted by Crippen LogP contribution is -2.25. The van der Waals surface area contributed by atoms with Gasteiger partial charge in [-0.15, -0.1) is 12.4 Å². The molecule has 0 unspecified atom stereocenters. The van der Waals surface area contributed by atoms with Crippen LogP contribution in [0.15, 0.2) is 42.5 Å². The van der Waals surface area contributed by atoms with Crippen LogP contribution in [0.3, 0.4) is 0 Å². The van der Waals surface area contributed by atoms with Crippen LogP contribution in [-0.4, -0.2) is 18.4 Å². The molecule has 0 aliphatic rings. The maximum Gasteiger partial charge on any atom is 0.416 e. The number of rotatable bonds is 7. The van der Waals surface area contributed by atoms with E-state index in [9.17, 15) is 27.2 Å². The highest BCUT2D eigenvalue weighted by Gasteiger charge is 2.31. The first-order valence-corrected chi connectivity index (χ1v) is 8.44. The first kappa shape index (κ1) is 24.4. The predicted molar refractivity (Wildman–Crippen MR) is 103 cm³/mol. The average Bonchev–Trinajstić information content (AvgIpc) is 2.64. The van der Waals surface area contributed by atoms with Crippen molar-refractivity contribution in [1.29, 1.82) is 0 Å². The van der Waals surface area contributed by atoms with Crippen LogP contribution in [0.2, 0.25) is 0 Å². The number of carbonyl (C=O) groups is 2. The van der Waals surface area contributed by atoms with Crippen molar-refractivity contribution in [1.82, 2.24) is 5.32 Å². The van der Waals surface area contributed by atoms with Gasteiger partial charge in [-0.3, -0.25) is 9.59 Å². The molecule has 0 aliphatic heterocycles. The number of hydrogen-bond donors (Lipinski definition) is 3. The fraction of sp³-hybridized carbons (Fsp3) is 0.263. The number of nitrogens with two attached hydrogens (primary N) is 1. The summed E-state index contributed by atoms with van der Waals surface area (Å²) < 4.78 is 51.5. The quantitative estimate of drug-likeness (QED) is 0.457. The van der Waals surface area contributed by atoms with E-state index in [1.807, 2.05) is 0 Å². The van der Waals surface area contributed by atoms with E-state index in [0.29, 0.717) is 0 Å². The smallest absolute Gasteiger partial charge is 0.352 e. The Bertz CT molecular complexity index is 842. The summed E-state index contributed by atoms with van der Waals surface area (Å²) in [6.07, 6.45) is -4.27. The molecule has 4 N–H and O–H groups in total. The maximum absolute atomic E-state index is 12.9. The predicted octanol–water partition coefficient (Wildman–Crippen LogP) is 3.87. The van der Waals surface area contributed by atoms with E-state index in [4.69, 9.17) is 5.73 Å². The average molecular weight is 434 g/mol. The number of hydrogen-bond acceptors (Lipinski definition) is 3. The van der Waals surface area contributed by atoms with Crippen LogP contribution >= 0.6 is 12.4 Å². The normalized spacial score (nSPS) is 10.8. The minimum atomic E-state index is -4.55. The van der Waals surface area contributed by atoms with E-state index < -0.39 is 29.4 Å². The molecule has 158 valence electrons. The molecular formula is C19H20ClF4N3O2. The third-order valence-electron chi connectivity index (χ3n) is 3.81. The highest BCUT2D eigenvalue weighted by Crippen LogP contribution is 2.32. The van der Waals surface area contributed by atoms with Gasteiger partial charge in [0.05, 0.1) is 5.56 Å². The van der Waals surface area contributed by atoms with Crippen molar-refractivity contribution in [2.24, 2.45) is 5.73 Å². The molecule has 0 aromatic heterocycles. The molecule has 0 spiro atoms.